The van der Waals surface area contributed by atoms with E-state index >= 15 is 0 Å². The summed E-state index contributed by atoms with van der Waals surface area (Å²) in [7, 11) is 0. The summed E-state index contributed by atoms with van der Waals surface area (Å²) in [5.41, 5.74) is 4.18. The molecule has 0 spiro atoms. The maximum atomic E-state index is 13.5. The van der Waals surface area contributed by atoms with Gasteiger partial charge in [-0.05, 0) is 55.6 Å². The molecule has 2 aromatic carbocycles. The van der Waals surface area contributed by atoms with Crippen molar-refractivity contribution in [2.45, 2.75) is 44.3 Å². The number of rotatable bonds is 6. The van der Waals surface area contributed by atoms with Gasteiger partial charge in [-0.2, -0.15) is 0 Å². The minimum Gasteiger partial charge on any atom is -0.353 e. The number of nitrogens with one attached hydrogen (secondary N) is 3. The van der Waals surface area contributed by atoms with Gasteiger partial charge in [0.2, 0.25) is 17.8 Å². The van der Waals surface area contributed by atoms with E-state index in [-0.39, 0.29) is 18.9 Å². The van der Waals surface area contributed by atoms with Crippen LogP contribution in [0.15, 0.2) is 60.8 Å². The molecule has 2 unspecified atom stereocenters. The number of hydrogen-bond donors (Lipinski definition) is 3. The quantitative estimate of drug-likeness (QED) is 0.304. The number of imide groups is 2. The van der Waals surface area contributed by atoms with Gasteiger partial charge < -0.3 is 10.3 Å². The second-order valence-electron chi connectivity index (χ2n) is 11.0. The molecule has 2 fully saturated rings. The van der Waals surface area contributed by atoms with E-state index in [1.54, 1.807) is 18.3 Å². The fourth-order valence-electron chi connectivity index (χ4n) is 6.25. The van der Waals surface area contributed by atoms with Crippen molar-refractivity contribution in [3.05, 3.63) is 77.5 Å². The first-order valence-corrected chi connectivity index (χ1v) is 14.2. The summed E-state index contributed by atoms with van der Waals surface area (Å²) in [6.07, 6.45) is 3.87. The predicted octanol–water partition coefficient (Wildman–Crippen LogP) is 3.10. The molecule has 0 aliphatic carbocycles. The Morgan fingerprint density at radius 1 is 0.976 bits per heavy atom. The molecular formula is C31H29N7O4. The molecule has 3 aliphatic heterocycles. The number of benzene rings is 2. The number of carbonyl (C=O) groups is 4. The number of aromatic amines is 1. The number of fused-ring (bicyclic) bond motifs is 2. The molecule has 2 saturated heterocycles. The zero-order valence-corrected chi connectivity index (χ0v) is 22.8. The number of piperidine rings is 2. The largest absolute Gasteiger partial charge is 0.353 e. The van der Waals surface area contributed by atoms with Gasteiger partial charge in [-0.15, -0.1) is 0 Å². The minimum absolute atomic E-state index is 0.0905. The van der Waals surface area contributed by atoms with E-state index in [9.17, 15) is 19.2 Å². The van der Waals surface area contributed by atoms with E-state index in [4.69, 9.17) is 4.98 Å². The van der Waals surface area contributed by atoms with Gasteiger partial charge in [0.25, 0.3) is 11.8 Å². The monoisotopic (exact) mass is 563 g/mol. The fourth-order valence-corrected chi connectivity index (χ4v) is 6.25. The van der Waals surface area contributed by atoms with Crippen LogP contribution in [0.5, 0.6) is 0 Å². The van der Waals surface area contributed by atoms with E-state index in [0.717, 1.165) is 52.1 Å². The van der Waals surface area contributed by atoms with E-state index in [1.807, 2.05) is 30.3 Å². The average molecular weight is 564 g/mol. The highest BCUT2D eigenvalue weighted by molar-refractivity contribution is 6.24. The Morgan fingerprint density at radius 2 is 1.86 bits per heavy atom. The van der Waals surface area contributed by atoms with Crippen LogP contribution in [0.3, 0.4) is 0 Å². The Hall–Kier alpha value is -4.90. The van der Waals surface area contributed by atoms with Gasteiger partial charge in [-0.25, -0.2) is 9.97 Å². The number of anilines is 1. The maximum Gasteiger partial charge on any atom is 0.262 e. The lowest BCUT2D eigenvalue weighted by atomic mass is 10.00. The number of hydrogen-bond acceptors (Lipinski definition) is 8. The Labute approximate surface area is 241 Å². The molecule has 42 heavy (non-hydrogen) atoms. The number of likely N-dealkylation sites (tertiary alicyclic amines) is 1. The van der Waals surface area contributed by atoms with E-state index < -0.39 is 29.7 Å². The van der Waals surface area contributed by atoms with Crippen LogP contribution in [-0.2, 0) is 16.1 Å². The van der Waals surface area contributed by atoms with Crippen LogP contribution in [0, 0.1) is 0 Å². The Kier molecular flexibility index (Phi) is 6.50. The predicted molar refractivity (Wildman–Crippen MR) is 154 cm³/mol. The molecule has 4 amide bonds. The molecule has 5 heterocycles. The summed E-state index contributed by atoms with van der Waals surface area (Å²) in [6.45, 7) is 2.04. The number of amides is 4. The van der Waals surface area contributed by atoms with E-state index in [1.165, 1.54) is 0 Å². The number of aromatic nitrogens is 3. The zero-order chi connectivity index (χ0) is 28.8. The molecule has 0 saturated carbocycles. The number of nitrogens with zero attached hydrogens (tertiary/aromatic N) is 4. The van der Waals surface area contributed by atoms with Crippen LogP contribution in [0.4, 0.5) is 5.95 Å². The van der Waals surface area contributed by atoms with Crippen LogP contribution < -0.4 is 10.6 Å². The standard InChI is InChI=1S/C31H29N7O4/c39-26-11-10-25(28(40)36-26)38-29(41)21-8-3-6-19(27(21)30(38)42)16-37-14-4-7-20(17-37)33-31-32-13-12-23(35-31)24-15-18-5-1-2-9-22(18)34-24/h1-3,5-6,8-9,12-13,15,20,25,34H,4,7,10-11,14,16-17H2,(H,32,33,35)(H,36,39,40). The molecule has 11 heteroatoms. The van der Waals surface area contributed by atoms with E-state index in [2.05, 4.69) is 37.6 Å². The first kappa shape index (κ1) is 26.0. The third kappa shape index (κ3) is 4.71. The molecule has 7 rings (SSSR count). The van der Waals surface area contributed by atoms with Gasteiger partial charge in [0, 0.05) is 42.7 Å². The molecule has 2 atom stereocenters. The molecular weight excluding hydrogens is 534 g/mol. The van der Waals surface area contributed by atoms with Crippen molar-refractivity contribution in [3.63, 3.8) is 0 Å². The molecule has 3 aliphatic rings. The summed E-state index contributed by atoms with van der Waals surface area (Å²) in [4.78, 5) is 66.7. The third-order valence-corrected chi connectivity index (χ3v) is 8.25. The van der Waals surface area contributed by atoms with Crippen LogP contribution in [0.25, 0.3) is 22.3 Å². The molecule has 3 N–H and O–H groups in total. The smallest absolute Gasteiger partial charge is 0.262 e. The molecule has 212 valence electrons. The second-order valence-corrected chi connectivity index (χ2v) is 11.0. The van der Waals surface area contributed by atoms with Crippen molar-refractivity contribution in [1.29, 1.82) is 0 Å². The SMILES string of the molecule is O=C1CCC(N2C(=O)c3cccc(CN4CCCC(Nc5nccc(-c6cc7ccccc7[nH]6)n5)C4)c3C2=O)C(=O)N1. The van der Waals surface area contributed by atoms with Gasteiger partial charge in [0.15, 0.2) is 0 Å². The minimum atomic E-state index is -0.980. The number of carbonyl (C=O) groups excluding carboxylic acids is 4. The molecule has 2 aromatic heterocycles. The summed E-state index contributed by atoms with van der Waals surface area (Å²) in [6, 6.07) is 16.5. The topological polar surface area (TPSA) is 140 Å². The average Bonchev–Trinajstić information content (AvgIpc) is 3.53. The lowest BCUT2D eigenvalue weighted by Gasteiger charge is -2.33. The van der Waals surface area contributed by atoms with Crippen molar-refractivity contribution in [3.8, 4) is 11.4 Å². The van der Waals surface area contributed by atoms with Crippen LogP contribution in [0.2, 0.25) is 0 Å². The highest BCUT2D eigenvalue weighted by Gasteiger charge is 2.45. The van der Waals surface area contributed by atoms with Crippen molar-refractivity contribution in [1.82, 2.24) is 30.1 Å². The summed E-state index contributed by atoms with van der Waals surface area (Å²) in [5, 5.41) is 6.86. The van der Waals surface area contributed by atoms with Gasteiger partial charge in [0.1, 0.15) is 6.04 Å². The Morgan fingerprint density at radius 3 is 2.71 bits per heavy atom. The maximum absolute atomic E-state index is 13.5. The highest BCUT2D eigenvalue weighted by Crippen LogP contribution is 2.31. The van der Waals surface area contributed by atoms with E-state index in [0.29, 0.717) is 30.2 Å². The van der Waals surface area contributed by atoms with Crippen molar-refractivity contribution < 1.29 is 19.2 Å². The highest BCUT2D eigenvalue weighted by atomic mass is 16.2. The second kappa shape index (κ2) is 10.5. The Balaban J connectivity index is 1.05. The van der Waals surface area contributed by atoms with Gasteiger partial charge in [0.05, 0.1) is 22.5 Å². The summed E-state index contributed by atoms with van der Waals surface area (Å²) < 4.78 is 0. The van der Waals surface area contributed by atoms with Gasteiger partial charge in [-0.3, -0.25) is 34.3 Å². The number of H-pyrrole nitrogens is 1. The van der Waals surface area contributed by atoms with Crippen LogP contribution in [-0.4, -0.2) is 73.6 Å². The molecule has 11 nitrogen and oxygen atoms in total. The number of para-hydroxylation sites is 1. The lowest BCUT2D eigenvalue weighted by Crippen LogP contribution is -2.54. The molecule has 0 bridgehead atoms. The summed E-state index contributed by atoms with van der Waals surface area (Å²) >= 11 is 0. The van der Waals surface area contributed by atoms with Gasteiger partial charge >= 0.3 is 0 Å². The Bertz CT molecular complexity index is 1720. The van der Waals surface area contributed by atoms with Crippen LogP contribution in [0.1, 0.15) is 52.0 Å². The van der Waals surface area contributed by atoms with Gasteiger partial charge in [-0.1, -0.05) is 30.3 Å². The first-order chi connectivity index (χ1) is 20.4. The molecule has 4 aromatic rings. The summed E-state index contributed by atoms with van der Waals surface area (Å²) in [5.74, 6) is -1.41. The normalized spacial score (nSPS) is 21.1. The lowest BCUT2D eigenvalue weighted by molar-refractivity contribution is -0.136. The third-order valence-electron chi connectivity index (χ3n) is 8.25. The zero-order valence-electron chi connectivity index (χ0n) is 22.8. The molecule has 0 radical (unpaired) electrons. The van der Waals surface area contributed by atoms with Crippen LogP contribution >= 0.6 is 0 Å². The fraction of sp³-hybridized carbons (Fsp3) is 0.290. The first-order valence-electron chi connectivity index (χ1n) is 14.2. The van der Waals surface area contributed by atoms with Crippen molar-refractivity contribution >= 4 is 40.5 Å². The van der Waals surface area contributed by atoms with Crippen molar-refractivity contribution in [2.75, 3.05) is 18.4 Å². The van der Waals surface area contributed by atoms with Crippen molar-refractivity contribution in [2.24, 2.45) is 0 Å².